The van der Waals surface area contributed by atoms with E-state index >= 15 is 0 Å². The number of halogens is 1. The molecule has 2 aromatic rings. The molecule has 0 aromatic heterocycles. The highest BCUT2D eigenvalue weighted by Gasteiger charge is 2.19. The summed E-state index contributed by atoms with van der Waals surface area (Å²) in [5, 5.41) is 0. The Morgan fingerprint density at radius 3 is 2.24 bits per heavy atom. The zero-order chi connectivity index (χ0) is 15.6. The van der Waals surface area contributed by atoms with E-state index in [1.54, 1.807) is 24.3 Å². The minimum atomic E-state index is -3.52. The largest absolute Gasteiger partial charge is 0.241 e. The number of hydrogen-bond acceptors (Lipinski definition) is 2. The van der Waals surface area contributed by atoms with Crippen LogP contribution in [0.4, 0.5) is 0 Å². The molecule has 3 nitrogen and oxygen atoms in total. The van der Waals surface area contributed by atoms with Crippen LogP contribution in [0.15, 0.2) is 51.8 Å². The number of hydrogen-bond donors (Lipinski definition) is 1. The average molecular weight is 368 g/mol. The number of sulfonamides is 1. The fourth-order valence-electron chi connectivity index (χ4n) is 2.29. The van der Waals surface area contributed by atoms with Crippen LogP contribution >= 0.6 is 15.9 Å². The Bertz CT molecular complexity index is 739. The number of rotatable bonds is 4. The summed E-state index contributed by atoms with van der Waals surface area (Å²) in [5.41, 5.74) is 3.24. The van der Waals surface area contributed by atoms with Crippen LogP contribution in [0.2, 0.25) is 0 Å². The van der Waals surface area contributed by atoms with Crippen molar-refractivity contribution in [3.8, 4) is 0 Å². The van der Waals surface area contributed by atoms with E-state index < -0.39 is 10.0 Å². The SMILES string of the molecule is Cc1ccc([C@@H](C)NS(=O)(=O)c2ccc(Br)cc2)c(C)c1. The van der Waals surface area contributed by atoms with Crippen LogP contribution in [0.5, 0.6) is 0 Å². The van der Waals surface area contributed by atoms with Gasteiger partial charge in [-0.15, -0.1) is 0 Å². The Hall–Kier alpha value is -1.17. The maximum atomic E-state index is 12.4. The molecular formula is C16H18BrNO2S. The van der Waals surface area contributed by atoms with Crippen molar-refractivity contribution in [2.75, 3.05) is 0 Å². The van der Waals surface area contributed by atoms with Gasteiger partial charge in [-0.1, -0.05) is 39.7 Å². The Balaban J connectivity index is 2.25. The molecule has 0 aliphatic heterocycles. The zero-order valence-electron chi connectivity index (χ0n) is 12.2. The van der Waals surface area contributed by atoms with Gasteiger partial charge in [0.25, 0.3) is 0 Å². The van der Waals surface area contributed by atoms with Gasteiger partial charge in [0.1, 0.15) is 0 Å². The van der Waals surface area contributed by atoms with E-state index in [4.69, 9.17) is 0 Å². The summed E-state index contributed by atoms with van der Waals surface area (Å²) >= 11 is 3.30. The van der Waals surface area contributed by atoms with Crippen molar-refractivity contribution >= 4 is 26.0 Å². The first-order valence-electron chi connectivity index (χ1n) is 6.64. The Labute approximate surface area is 134 Å². The maximum absolute atomic E-state index is 12.4. The van der Waals surface area contributed by atoms with E-state index in [-0.39, 0.29) is 10.9 Å². The van der Waals surface area contributed by atoms with Crippen LogP contribution in [0.25, 0.3) is 0 Å². The van der Waals surface area contributed by atoms with Crippen molar-refractivity contribution in [1.29, 1.82) is 0 Å². The van der Waals surface area contributed by atoms with Crippen molar-refractivity contribution in [2.24, 2.45) is 0 Å². The van der Waals surface area contributed by atoms with Gasteiger partial charge in [0, 0.05) is 10.5 Å². The van der Waals surface area contributed by atoms with Gasteiger partial charge in [0.2, 0.25) is 10.0 Å². The summed E-state index contributed by atoms with van der Waals surface area (Å²) in [7, 11) is -3.52. The summed E-state index contributed by atoms with van der Waals surface area (Å²) in [6.07, 6.45) is 0. The second kappa shape index (κ2) is 6.30. The van der Waals surface area contributed by atoms with E-state index in [9.17, 15) is 8.42 Å². The van der Waals surface area contributed by atoms with Crippen LogP contribution < -0.4 is 4.72 Å². The molecule has 5 heteroatoms. The van der Waals surface area contributed by atoms with Gasteiger partial charge in [-0.25, -0.2) is 13.1 Å². The van der Waals surface area contributed by atoms with Crippen LogP contribution in [0, 0.1) is 13.8 Å². The summed E-state index contributed by atoms with van der Waals surface area (Å²) in [4.78, 5) is 0.266. The molecule has 0 aliphatic carbocycles. The molecule has 0 amide bonds. The third-order valence-electron chi connectivity index (χ3n) is 3.35. The molecule has 112 valence electrons. The molecular weight excluding hydrogens is 350 g/mol. The number of benzene rings is 2. The van der Waals surface area contributed by atoms with Gasteiger partial charge in [-0.2, -0.15) is 0 Å². The summed E-state index contributed by atoms with van der Waals surface area (Å²) in [6, 6.07) is 12.3. The predicted molar refractivity (Wildman–Crippen MR) is 88.8 cm³/mol. The molecule has 0 unspecified atom stereocenters. The summed E-state index contributed by atoms with van der Waals surface area (Å²) < 4.78 is 28.3. The number of nitrogens with one attached hydrogen (secondary N) is 1. The highest BCUT2D eigenvalue weighted by Crippen LogP contribution is 2.22. The second-order valence-corrected chi connectivity index (χ2v) is 7.79. The minimum absolute atomic E-state index is 0.266. The molecule has 1 atom stereocenters. The molecule has 21 heavy (non-hydrogen) atoms. The molecule has 0 radical (unpaired) electrons. The van der Waals surface area contributed by atoms with Crippen LogP contribution in [0.1, 0.15) is 29.7 Å². The highest BCUT2D eigenvalue weighted by atomic mass is 79.9. The lowest BCUT2D eigenvalue weighted by atomic mass is 10.0. The number of aryl methyl sites for hydroxylation is 2. The van der Waals surface area contributed by atoms with Gasteiger partial charge < -0.3 is 0 Å². The molecule has 0 saturated heterocycles. The average Bonchev–Trinajstić information content (AvgIpc) is 2.38. The highest BCUT2D eigenvalue weighted by molar-refractivity contribution is 9.10. The van der Waals surface area contributed by atoms with Crippen molar-refractivity contribution in [3.05, 3.63) is 63.6 Å². The lowest BCUT2D eigenvalue weighted by Crippen LogP contribution is -2.27. The lowest BCUT2D eigenvalue weighted by molar-refractivity contribution is 0.566. The van der Waals surface area contributed by atoms with Crippen molar-refractivity contribution < 1.29 is 8.42 Å². The van der Waals surface area contributed by atoms with E-state index in [0.717, 1.165) is 15.6 Å². The smallest absolute Gasteiger partial charge is 0.207 e. The van der Waals surface area contributed by atoms with Gasteiger partial charge >= 0.3 is 0 Å². The van der Waals surface area contributed by atoms with Crippen LogP contribution in [0.3, 0.4) is 0 Å². The van der Waals surface area contributed by atoms with E-state index in [1.165, 1.54) is 5.56 Å². The van der Waals surface area contributed by atoms with Gasteiger partial charge in [0.15, 0.2) is 0 Å². The van der Waals surface area contributed by atoms with E-state index in [0.29, 0.717) is 0 Å². The van der Waals surface area contributed by atoms with Crippen LogP contribution in [-0.2, 0) is 10.0 Å². The van der Waals surface area contributed by atoms with E-state index in [1.807, 2.05) is 32.9 Å². The second-order valence-electron chi connectivity index (χ2n) is 5.16. The third kappa shape index (κ3) is 3.93. The van der Waals surface area contributed by atoms with Gasteiger partial charge in [-0.3, -0.25) is 0 Å². The molecule has 0 heterocycles. The monoisotopic (exact) mass is 367 g/mol. The first-order chi connectivity index (χ1) is 9.79. The minimum Gasteiger partial charge on any atom is -0.207 e. The fourth-order valence-corrected chi connectivity index (χ4v) is 3.78. The quantitative estimate of drug-likeness (QED) is 0.883. The third-order valence-corrected chi connectivity index (χ3v) is 5.43. The first kappa shape index (κ1) is 16.2. The summed E-state index contributed by atoms with van der Waals surface area (Å²) in [6.45, 7) is 5.87. The Kier molecular flexibility index (Phi) is 4.86. The van der Waals surface area contributed by atoms with E-state index in [2.05, 4.69) is 26.7 Å². The molecule has 0 spiro atoms. The van der Waals surface area contributed by atoms with Crippen molar-refractivity contribution in [2.45, 2.75) is 31.7 Å². The van der Waals surface area contributed by atoms with Crippen molar-refractivity contribution in [3.63, 3.8) is 0 Å². The topological polar surface area (TPSA) is 46.2 Å². The molecule has 2 rings (SSSR count). The Morgan fingerprint density at radius 2 is 1.67 bits per heavy atom. The van der Waals surface area contributed by atoms with Crippen LogP contribution in [-0.4, -0.2) is 8.42 Å². The summed E-state index contributed by atoms with van der Waals surface area (Å²) in [5.74, 6) is 0. The van der Waals surface area contributed by atoms with Crippen molar-refractivity contribution in [1.82, 2.24) is 4.72 Å². The Morgan fingerprint density at radius 1 is 1.05 bits per heavy atom. The molecule has 0 fully saturated rings. The molecule has 0 saturated carbocycles. The van der Waals surface area contributed by atoms with Gasteiger partial charge in [0.05, 0.1) is 4.90 Å². The lowest BCUT2D eigenvalue weighted by Gasteiger charge is -2.17. The molecule has 1 N–H and O–H groups in total. The molecule has 0 aliphatic rings. The van der Waals surface area contributed by atoms with Gasteiger partial charge in [-0.05, 0) is 56.2 Å². The predicted octanol–water partition coefficient (Wildman–Crippen LogP) is 4.11. The maximum Gasteiger partial charge on any atom is 0.241 e. The normalized spacial score (nSPS) is 13.1. The zero-order valence-corrected chi connectivity index (χ0v) is 14.6. The molecule has 0 bridgehead atoms. The first-order valence-corrected chi connectivity index (χ1v) is 8.92. The molecule has 2 aromatic carbocycles. The standard InChI is InChI=1S/C16H18BrNO2S/c1-11-4-9-16(12(2)10-11)13(3)18-21(19,20)15-7-5-14(17)6-8-15/h4-10,13,18H,1-3H3/t13-/m1/s1. The fraction of sp³-hybridized carbons (Fsp3) is 0.250.